The third kappa shape index (κ3) is 2.88. The minimum atomic E-state index is 0.00137. The zero-order valence-electron chi connectivity index (χ0n) is 15.7. The van der Waals surface area contributed by atoms with Crippen LogP contribution in [0.3, 0.4) is 0 Å². The number of likely N-dealkylation sites (tertiary alicyclic amines) is 2. The highest BCUT2D eigenvalue weighted by atomic mass is 16.5. The number of hydrogen-bond acceptors (Lipinski definition) is 6. The number of amides is 1. The zero-order chi connectivity index (χ0) is 19.1. The fourth-order valence-electron chi connectivity index (χ4n) is 4.41. The number of carbonyl (C=O) groups excluding carboxylic acids is 1. The first-order valence-corrected chi connectivity index (χ1v) is 9.43. The number of benzene rings is 1. The van der Waals surface area contributed by atoms with Crippen molar-refractivity contribution < 1.29 is 9.32 Å². The highest BCUT2D eigenvalue weighted by molar-refractivity contribution is 5.92. The lowest BCUT2D eigenvalue weighted by molar-refractivity contribution is 0.0110. The van der Waals surface area contributed by atoms with Gasteiger partial charge in [0.15, 0.2) is 0 Å². The van der Waals surface area contributed by atoms with Crippen molar-refractivity contribution in [2.45, 2.75) is 12.5 Å². The molecule has 28 heavy (non-hydrogen) atoms. The molecule has 0 N–H and O–H groups in total. The Bertz CT molecular complexity index is 982. The zero-order valence-corrected chi connectivity index (χ0v) is 15.7. The van der Waals surface area contributed by atoms with Gasteiger partial charge in [-0.3, -0.25) is 14.7 Å². The van der Waals surface area contributed by atoms with Crippen LogP contribution in [-0.2, 0) is 0 Å². The molecular formula is C21H21N5O2. The van der Waals surface area contributed by atoms with Gasteiger partial charge in [-0.05, 0) is 25.6 Å². The van der Waals surface area contributed by atoms with Crippen LogP contribution in [0, 0.1) is 5.41 Å². The van der Waals surface area contributed by atoms with Gasteiger partial charge in [0.25, 0.3) is 5.91 Å². The number of hydrogen-bond donors (Lipinski definition) is 0. The molecule has 0 saturated carbocycles. The fraction of sp³-hybridized carbons (Fsp3) is 0.333. The standard InChI is InChI=1S/C21H21N5O2/c1-25-12-21(13-26(14-21)20(27)16-9-5-6-10-22-16)11-17(25)19-23-18(24-28-19)15-7-3-2-4-8-15/h2-10,17H,11-14H2,1H3. The van der Waals surface area contributed by atoms with Gasteiger partial charge in [-0.15, -0.1) is 0 Å². The van der Waals surface area contributed by atoms with E-state index in [4.69, 9.17) is 4.52 Å². The molecule has 7 heteroatoms. The highest BCUT2D eigenvalue weighted by Gasteiger charge is 2.53. The van der Waals surface area contributed by atoms with Crippen LogP contribution in [0.5, 0.6) is 0 Å². The topological polar surface area (TPSA) is 75.4 Å². The molecule has 142 valence electrons. The number of rotatable bonds is 3. The quantitative estimate of drug-likeness (QED) is 0.701. The van der Waals surface area contributed by atoms with E-state index in [0.29, 0.717) is 17.4 Å². The maximum atomic E-state index is 12.6. The molecule has 3 aromatic rings. The van der Waals surface area contributed by atoms with Gasteiger partial charge in [0, 0.05) is 36.8 Å². The Labute approximate surface area is 163 Å². The van der Waals surface area contributed by atoms with Crippen LogP contribution in [-0.4, -0.2) is 57.5 Å². The Kier molecular flexibility index (Phi) is 3.98. The van der Waals surface area contributed by atoms with E-state index in [1.54, 1.807) is 12.3 Å². The van der Waals surface area contributed by atoms with Crippen LogP contribution in [0.15, 0.2) is 59.3 Å². The van der Waals surface area contributed by atoms with Gasteiger partial charge in [0.2, 0.25) is 11.7 Å². The summed E-state index contributed by atoms with van der Waals surface area (Å²) in [5, 5.41) is 4.15. The summed E-state index contributed by atoms with van der Waals surface area (Å²) < 4.78 is 5.59. The summed E-state index contributed by atoms with van der Waals surface area (Å²) in [6.45, 7) is 2.39. The molecule has 2 aromatic heterocycles. The third-order valence-corrected chi connectivity index (χ3v) is 5.73. The van der Waals surface area contributed by atoms with E-state index in [0.717, 1.165) is 31.6 Å². The molecule has 5 rings (SSSR count). The van der Waals surface area contributed by atoms with Crippen LogP contribution in [0.1, 0.15) is 28.8 Å². The van der Waals surface area contributed by atoms with E-state index in [1.807, 2.05) is 47.4 Å². The van der Waals surface area contributed by atoms with E-state index < -0.39 is 0 Å². The van der Waals surface area contributed by atoms with Crippen LogP contribution >= 0.6 is 0 Å². The molecular weight excluding hydrogens is 354 g/mol. The van der Waals surface area contributed by atoms with Crippen LogP contribution in [0.2, 0.25) is 0 Å². The summed E-state index contributed by atoms with van der Waals surface area (Å²) in [6, 6.07) is 15.3. The molecule has 1 atom stereocenters. The monoisotopic (exact) mass is 375 g/mol. The average Bonchev–Trinajstić information content (AvgIpc) is 3.32. The van der Waals surface area contributed by atoms with Gasteiger partial charge in [-0.2, -0.15) is 4.98 Å². The maximum absolute atomic E-state index is 12.6. The van der Waals surface area contributed by atoms with E-state index in [-0.39, 0.29) is 17.4 Å². The van der Waals surface area contributed by atoms with Crippen molar-refractivity contribution in [2.75, 3.05) is 26.7 Å². The molecule has 1 aromatic carbocycles. The van der Waals surface area contributed by atoms with Crippen molar-refractivity contribution >= 4 is 5.91 Å². The van der Waals surface area contributed by atoms with Crippen LogP contribution in [0.4, 0.5) is 0 Å². The number of nitrogens with zero attached hydrogens (tertiary/aromatic N) is 5. The van der Waals surface area contributed by atoms with Gasteiger partial charge in [-0.1, -0.05) is 41.6 Å². The molecule has 0 aliphatic carbocycles. The second-order valence-electron chi connectivity index (χ2n) is 7.83. The fourth-order valence-corrected chi connectivity index (χ4v) is 4.41. The van der Waals surface area contributed by atoms with Crippen molar-refractivity contribution in [1.29, 1.82) is 0 Å². The lowest BCUT2D eigenvalue weighted by Crippen LogP contribution is -2.59. The summed E-state index contributed by atoms with van der Waals surface area (Å²) in [4.78, 5) is 25.5. The lowest BCUT2D eigenvalue weighted by atomic mass is 9.77. The van der Waals surface area contributed by atoms with Gasteiger partial charge in [0.05, 0.1) is 6.04 Å². The highest BCUT2D eigenvalue weighted by Crippen LogP contribution is 2.47. The van der Waals surface area contributed by atoms with Gasteiger partial charge < -0.3 is 9.42 Å². The van der Waals surface area contributed by atoms with Crippen molar-refractivity contribution in [2.24, 2.45) is 5.41 Å². The predicted octanol–water partition coefficient (Wildman–Crippen LogP) is 2.65. The predicted molar refractivity (Wildman–Crippen MR) is 102 cm³/mol. The largest absolute Gasteiger partial charge is 0.337 e. The van der Waals surface area contributed by atoms with Crippen molar-refractivity contribution in [3.63, 3.8) is 0 Å². The molecule has 2 saturated heterocycles. The van der Waals surface area contributed by atoms with Crippen molar-refractivity contribution in [3.8, 4) is 11.4 Å². The molecule has 4 heterocycles. The Morgan fingerprint density at radius 3 is 2.64 bits per heavy atom. The van der Waals surface area contributed by atoms with E-state index >= 15 is 0 Å². The maximum Gasteiger partial charge on any atom is 0.272 e. The Morgan fingerprint density at radius 1 is 1.11 bits per heavy atom. The van der Waals surface area contributed by atoms with E-state index in [1.165, 1.54) is 0 Å². The summed E-state index contributed by atoms with van der Waals surface area (Å²) in [5.41, 5.74) is 1.54. The van der Waals surface area contributed by atoms with Crippen molar-refractivity contribution in [3.05, 3.63) is 66.3 Å². The Balaban J connectivity index is 1.28. The van der Waals surface area contributed by atoms with E-state index in [2.05, 4.69) is 27.1 Å². The van der Waals surface area contributed by atoms with Crippen LogP contribution in [0.25, 0.3) is 11.4 Å². The summed E-state index contributed by atoms with van der Waals surface area (Å²) >= 11 is 0. The molecule has 1 spiro atoms. The minimum Gasteiger partial charge on any atom is -0.337 e. The van der Waals surface area contributed by atoms with Crippen molar-refractivity contribution in [1.82, 2.24) is 24.9 Å². The second kappa shape index (κ2) is 6.53. The SMILES string of the molecule is CN1CC2(CC1c1nc(-c3ccccc3)no1)CN(C(=O)c1ccccn1)C2. The first kappa shape index (κ1) is 17.1. The molecule has 1 unspecified atom stereocenters. The minimum absolute atomic E-state index is 0.00137. The summed E-state index contributed by atoms with van der Waals surface area (Å²) in [6.07, 6.45) is 2.56. The number of carbonyl (C=O) groups is 1. The molecule has 2 aliphatic heterocycles. The molecule has 1 amide bonds. The van der Waals surface area contributed by atoms with Gasteiger partial charge in [-0.25, -0.2) is 0 Å². The van der Waals surface area contributed by atoms with Crippen LogP contribution < -0.4 is 0 Å². The molecule has 0 bridgehead atoms. The third-order valence-electron chi connectivity index (χ3n) is 5.73. The first-order valence-electron chi connectivity index (χ1n) is 9.43. The number of aromatic nitrogens is 3. The molecule has 0 radical (unpaired) electrons. The normalized spacial score (nSPS) is 21.0. The van der Waals surface area contributed by atoms with Gasteiger partial charge >= 0.3 is 0 Å². The Morgan fingerprint density at radius 2 is 1.89 bits per heavy atom. The first-order chi connectivity index (χ1) is 13.6. The number of pyridine rings is 1. The summed E-state index contributed by atoms with van der Waals surface area (Å²) in [7, 11) is 2.08. The second-order valence-corrected chi connectivity index (χ2v) is 7.83. The molecule has 2 fully saturated rings. The van der Waals surface area contributed by atoms with Gasteiger partial charge in [0.1, 0.15) is 5.69 Å². The summed E-state index contributed by atoms with van der Waals surface area (Å²) in [5.74, 6) is 1.26. The smallest absolute Gasteiger partial charge is 0.272 e. The molecule has 7 nitrogen and oxygen atoms in total. The Hall–Kier alpha value is -3.06. The molecule has 2 aliphatic rings. The average molecular weight is 375 g/mol. The lowest BCUT2D eigenvalue weighted by Gasteiger charge is -2.47. The van der Waals surface area contributed by atoms with E-state index in [9.17, 15) is 4.79 Å².